The van der Waals surface area contributed by atoms with Crippen LogP contribution >= 0.6 is 0 Å². The van der Waals surface area contributed by atoms with E-state index in [4.69, 9.17) is 0 Å². The molecule has 0 aliphatic heterocycles. The van der Waals surface area contributed by atoms with E-state index in [2.05, 4.69) is 22.9 Å². The SMILES string of the molecule is CCCCCCNC(=O)Nc1ccc(C)c(NC(C)=O)c1. The highest BCUT2D eigenvalue weighted by Gasteiger charge is 2.05. The molecule has 116 valence electrons. The van der Waals surface area contributed by atoms with Gasteiger partial charge in [0.1, 0.15) is 0 Å². The minimum absolute atomic E-state index is 0.129. The van der Waals surface area contributed by atoms with Crippen LogP contribution in [0.1, 0.15) is 45.1 Å². The van der Waals surface area contributed by atoms with Crippen LogP contribution in [-0.2, 0) is 4.79 Å². The van der Waals surface area contributed by atoms with Gasteiger partial charge in [0, 0.05) is 24.8 Å². The monoisotopic (exact) mass is 291 g/mol. The van der Waals surface area contributed by atoms with Crippen molar-refractivity contribution in [1.29, 1.82) is 0 Å². The molecular formula is C16H25N3O2. The van der Waals surface area contributed by atoms with Crippen molar-refractivity contribution in [3.05, 3.63) is 23.8 Å². The first kappa shape index (κ1) is 17.0. The van der Waals surface area contributed by atoms with Crippen LogP contribution in [0.3, 0.4) is 0 Å². The number of urea groups is 1. The number of rotatable bonds is 7. The highest BCUT2D eigenvalue weighted by atomic mass is 16.2. The van der Waals surface area contributed by atoms with Gasteiger partial charge in [-0.25, -0.2) is 4.79 Å². The van der Waals surface area contributed by atoms with Gasteiger partial charge in [0.15, 0.2) is 0 Å². The summed E-state index contributed by atoms with van der Waals surface area (Å²) >= 11 is 0. The van der Waals surface area contributed by atoms with E-state index >= 15 is 0 Å². The molecule has 0 heterocycles. The Bertz CT molecular complexity index is 486. The van der Waals surface area contributed by atoms with Gasteiger partial charge in [-0.2, -0.15) is 0 Å². The van der Waals surface area contributed by atoms with Crippen molar-refractivity contribution in [1.82, 2.24) is 5.32 Å². The van der Waals surface area contributed by atoms with Crippen LogP contribution in [0.2, 0.25) is 0 Å². The first-order chi connectivity index (χ1) is 10.0. The molecule has 0 aromatic heterocycles. The van der Waals surface area contributed by atoms with Crippen molar-refractivity contribution in [2.24, 2.45) is 0 Å². The topological polar surface area (TPSA) is 70.2 Å². The fourth-order valence-electron chi connectivity index (χ4n) is 1.95. The summed E-state index contributed by atoms with van der Waals surface area (Å²) in [5.74, 6) is -0.129. The second-order valence-corrected chi connectivity index (χ2v) is 5.15. The molecular weight excluding hydrogens is 266 g/mol. The Morgan fingerprint density at radius 3 is 2.52 bits per heavy atom. The van der Waals surface area contributed by atoms with Crippen LogP contribution in [0, 0.1) is 6.92 Å². The molecule has 5 nitrogen and oxygen atoms in total. The summed E-state index contributed by atoms with van der Waals surface area (Å²) in [6.07, 6.45) is 4.50. The summed E-state index contributed by atoms with van der Waals surface area (Å²) < 4.78 is 0. The lowest BCUT2D eigenvalue weighted by Gasteiger charge is -2.11. The Hall–Kier alpha value is -2.04. The molecule has 5 heteroatoms. The van der Waals surface area contributed by atoms with Gasteiger partial charge in [-0.05, 0) is 31.0 Å². The number of amides is 3. The number of nitrogens with one attached hydrogen (secondary N) is 3. The molecule has 3 amide bonds. The van der Waals surface area contributed by atoms with Crippen molar-refractivity contribution in [2.75, 3.05) is 17.2 Å². The second kappa shape index (κ2) is 9.00. The van der Waals surface area contributed by atoms with Crippen molar-refractivity contribution in [3.63, 3.8) is 0 Å². The van der Waals surface area contributed by atoms with Gasteiger partial charge < -0.3 is 16.0 Å². The van der Waals surface area contributed by atoms with E-state index in [-0.39, 0.29) is 11.9 Å². The first-order valence-electron chi connectivity index (χ1n) is 7.46. The van der Waals surface area contributed by atoms with E-state index in [0.29, 0.717) is 17.9 Å². The zero-order chi connectivity index (χ0) is 15.7. The molecule has 0 radical (unpaired) electrons. The Labute approximate surface area is 126 Å². The first-order valence-corrected chi connectivity index (χ1v) is 7.46. The number of anilines is 2. The molecule has 0 aliphatic carbocycles. The third-order valence-corrected chi connectivity index (χ3v) is 3.12. The minimum Gasteiger partial charge on any atom is -0.338 e. The fourth-order valence-corrected chi connectivity index (χ4v) is 1.95. The van der Waals surface area contributed by atoms with Gasteiger partial charge in [0.2, 0.25) is 5.91 Å². The lowest BCUT2D eigenvalue weighted by molar-refractivity contribution is -0.114. The molecule has 0 unspecified atom stereocenters. The molecule has 0 atom stereocenters. The number of hydrogen-bond donors (Lipinski definition) is 3. The van der Waals surface area contributed by atoms with Crippen LogP contribution < -0.4 is 16.0 Å². The number of carbonyl (C=O) groups excluding carboxylic acids is 2. The quantitative estimate of drug-likeness (QED) is 0.671. The molecule has 0 bridgehead atoms. The molecule has 0 saturated carbocycles. The summed E-state index contributed by atoms with van der Waals surface area (Å²) in [6.45, 7) is 6.20. The standard InChI is InChI=1S/C16H25N3O2/c1-4-5-6-7-10-17-16(21)19-14-9-8-12(2)15(11-14)18-13(3)20/h8-9,11H,4-7,10H2,1-3H3,(H,18,20)(H2,17,19,21). The average Bonchev–Trinajstić information content (AvgIpc) is 2.42. The molecule has 1 rings (SSSR count). The Morgan fingerprint density at radius 2 is 1.86 bits per heavy atom. The molecule has 1 aromatic carbocycles. The molecule has 21 heavy (non-hydrogen) atoms. The predicted octanol–water partition coefficient (Wildman–Crippen LogP) is 3.66. The number of unbranched alkanes of at least 4 members (excludes halogenated alkanes) is 3. The molecule has 0 spiro atoms. The number of carbonyl (C=O) groups is 2. The summed E-state index contributed by atoms with van der Waals surface area (Å²) in [7, 11) is 0. The van der Waals surface area contributed by atoms with Crippen LogP contribution in [0.25, 0.3) is 0 Å². The van der Waals surface area contributed by atoms with Gasteiger partial charge in [0.25, 0.3) is 0 Å². The summed E-state index contributed by atoms with van der Waals surface area (Å²) in [5, 5.41) is 8.34. The fraction of sp³-hybridized carbons (Fsp3) is 0.500. The lowest BCUT2D eigenvalue weighted by atomic mass is 10.2. The van der Waals surface area contributed by atoms with Gasteiger partial charge in [-0.1, -0.05) is 32.3 Å². The maximum absolute atomic E-state index is 11.8. The number of aryl methyl sites for hydroxylation is 1. The third kappa shape index (κ3) is 6.79. The smallest absolute Gasteiger partial charge is 0.319 e. The van der Waals surface area contributed by atoms with E-state index in [1.165, 1.54) is 19.8 Å². The van der Waals surface area contributed by atoms with Gasteiger partial charge in [-0.15, -0.1) is 0 Å². The van der Waals surface area contributed by atoms with E-state index in [1.54, 1.807) is 6.07 Å². The maximum Gasteiger partial charge on any atom is 0.319 e. The van der Waals surface area contributed by atoms with Crippen molar-refractivity contribution >= 4 is 23.3 Å². The number of benzene rings is 1. The van der Waals surface area contributed by atoms with E-state index in [0.717, 1.165) is 18.4 Å². The van der Waals surface area contributed by atoms with E-state index < -0.39 is 0 Å². The predicted molar refractivity (Wildman–Crippen MR) is 86.6 cm³/mol. The second-order valence-electron chi connectivity index (χ2n) is 5.15. The Balaban J connectivity index is 2.46. The maximum atomic E-state index is 11.8. The molecule has 0 aliphatic rings. The Kier molecular flexibility index (Phi) is 7.29. The third-order valence-electron chi connectivity index (χ3n) is 3.12. The summed E-state index contributed by atoms with van der Waals surface area (Å²) in [6, 6.07) is 5.22. The van der Waals surface area contributed by atoms with Gasteiger partial charge >= 0.3 is 6.03 Å². The molecule has 1 aromatic rings. The van der Waals surface area contributed by atoms with Crippen molar-refractivity contribution in [3.8, 4) is 0 Å². The van der Waals surface area contributed by atoms with Crippen LogP contribution in [0.5, 0.6) is 0 Å². The normalized spacial score (nSPS) is 10.0. The van der Waals surface area contributed by atoms with Crippen LogP contribution in [-0.4, -0.2) is 18.5 Å². The zero-order valence-electron chi connectivity index (χ0n) is 13.1. The average molecular weight is 291 g/mol. The summed E-state index contributed by atoms with van der Waals surface area (Å²) in [5.41, 5.74) is 2.33. The minimum atomic E-state index is -0.218. The number of hydrogen-bond acceptors (Lipinski definition) is 2. The zero-order valence-corrected chi connectivity index (χ0v) is 13.1. The van der Waals surface area contributed by atoms with Crippen LogP contribution in [0.15, 0.2) is 18.2 Å². The Morgan fingerprint density at radius 1 is 1.10 bits per heavy atom. The van der Waals surface area contributed by atoms with Crippen molar-refractivity contribution in [2.45, 2.75) is 46.5 Å². The molecule has 0 saturated heterocycles. The van der Waals surface area contributed by atoms with Crippen LogP contribution in [0.4, 0.5) is 16.2 Å². The van der Waals surface area contributed by atoms with E-state index in [9.17, 15) is 9.59 Å². The van der Waals surface area contributed by atoms with E-state index in [1.807, 2.05) is 19.1 Å². The van der Waals surface area contributed by atoms with Gasteiger partial charge in [0.05, 0.1) is 0 Å². The highest BCUT2D eigenvalue weighted by Crippen LogP contribution is 2.20. The lowest BCUT2D eigenvalue weighted by Crippen LogP contribution is -2.29. The summed E-state index contributed by atoms with van der Waals surface area (Å²) in [4.78, 5) is 22.9. The van der Waals surface area contributed by atoms with Crippen molar-refractivity contribution < 1.29 is 9.59 Å². The molecule has 0 fully saturated rings. The van der Waals surface area contributed by atoms with Gasteiger partial charge in [-0.3, -0.25) is 4.79 Å². The largest absolute Gasteiger partial charge is 0.338 e. The molecule has 3 N–H and O–H groups in total. The highest BCUT2D eigenvalue weighted by molar-refractivity contribution is 5.93.